The maximum absolute atomic E-state index is 4.44. The van der Waals surface area contributed by atoms with Gasteiger partial charge in [-0.2, -0.15) is 37.0 Å². The van der Waals surface area contributed by atoms with E-state index in [1.165, 1.54) is 70.7 Å². The van der Waals surface area contributed by atoms with Crippen molar-refractivity contribution in [3.05, 3.63) is 110 Å². The van der Waals surface area contributed by atoms with Crippen molar-refractivity contribution in [3.8, 4) is 11.3 Å². The molecule has 0 unspecified atom stereocenters. The third kappa shape index (κ3) is 5.54. The minimum Gasteiger partial charge on any atom is -0.504 e. The van der Waals surface area contributed by atoms with Crippen LogP contribution in [0.25, 0.3) is 21.3 Å². The number of anilines is 3. The van der Waals surface area contributed by atoms with Gasteiger partial charge in [0.25, 0.3) is 0 Å². The topological polar surface area (TPSA) is 32.3 Å². The normalized spacial score (nSPS) is 15.0. The molecule has 192 valence electrons. The van der Waals surface area contributed by atoms with E-state index in [0.717, 1.165) is 22.9 Å². The molecular weight excluding hydrogens is 665 g/mol. The molecule has 0 radical (unpaired) electrons. The molecule has 1 aliphatic carbocycles. The molecule has 3 heterocycles. The van der Waals surface area contributed by atoms with Crippen LogP contribution in [0.2, 0.25) is 0 Å². The molecule has 6 heteroatoms. The van der Waals surface area contributed by atoms with E-state index >= 15 is 0 Å². The van der Waals surface area contributed by atoms with Crippen LogP contribution in [-0.2, 0) is 20.1 Å². The standard InChI is InChI=1S/C20H22N2.C12H7N2S.Ir/c1-21-15-22(18-10-6-3-7-11-18)20-14-17(12-13-19(20)21)16-8-4-2-5-9-16;1-2-6-11-10(5-1)12(14-15-11)9-4-3-7-13-8-9;/h3,6-7,10,12-16H,2,4-5,8-9H2,1H3;1-7H;/q-2;-1;+3. The molecule has 0 atom stereocenters. The van der Waals surface area contributed by atoms with Crippen LogP contribution in [0.4, 0.5) is 17.1 Å². The van der Waals surface area contributed by atoms with Gasteiger partial charge in [0.2, 0.25) is 0 Å². The molecule has 0 N–H and O–H groups in total. The zero-order chi connectivity index (χ0) is 25.0. The van der Waals surface area contributed by atoms with E-state index in [-0.39, 0.29) is 20.1 Å². The second kappa shape index (κ2) is 12.2. The quantitative estimate of drug-likeness (QED) is 0.178. The third-order valence-corrected chi connectivity index (χ3v) is 8.02. The summed E-state index contributed by atoms with van der Waals surface area (Å²) in [5.41, 5.74) is 7.10. The summed E-state index contributed by atoms with van der Waals surface area (Å²) in [6, 6.07) is 30.6. The molecule has 38 heavy (non-hydrogen) atoms. The van der Waals surface area contributed by atoms with Gasteiger partial charge in [-0.25, -0.2) is 4.37 Å². The second-order valence-electron chi connectivity index (χ2n) is 9.62. The van der Waals surface area contributed by atoms with Crippen molar-refractivity contribution < 1.29 is 20.1 Å². The van der Waals surface area contributed by atoms with E-state index in [2.05, 4.69) is 87.6 Å². The monoisotopic (exact) mass is 694 g/mol. The Balaban J connectivity index is 0.000000161. The van der Waals surface area contributed by atoms with Gasteiger partial charge in [-0.1, -0.05) is 49.7 Å². The molecular formula is C32H29IrN4S. The Labute approximate surface area is 242 Å². The van der Waals surface area contributed by atoms with Gasteiger partial charge in [0.05, 0.1) is 0 Å². The van der Waals surface area contributed by atoms with Crippen molar-refractivity contribution in [2.45, 2.75) is 38.0 Å². The van der Waals surface area contributed by atoms with Gasteiger partial charge in [0.1, 0.15) is 0 Å². The summed E-state index contributed by atoms with van der Waals surface area (Å²) in [5, 5.41) is 1.17. The number of benzene rings is 3. The summed E-state index contributed by atoms with van der Waals surface area (Å²) in [4.78, 5) is 8.43. The van der Waals surface area contributed by atoms with Crippen LogP contribution in [0.5, 0.6) is 0 Å². The third-order valence-electron chi connectivity index (χ3n) is 7.20. The SMILES string of the molecule is CN1[CH-]N(c2[c-]cccc2)c2cc(C3CCCCC3)ccc21.[Ir+3].[c-]1ncccc1-c1nsc2ccccc12. The number of rotatable bonds is 3. The summed E-state index contributed by atoms with van der Waals surface area (Å²) in [6.45, 7) is 2.15. The number of aromatic nitrogens is 2. The van der Waals surface area contributed by atoms with Crippen LogP contribution < -0.4 is 9.80 Å². The number of pyridine rings is 1. The molecule has 0 saturated heterocycles. The molecule has 3 aromatic carbocycles. The zero-order valence-electron chi connectivity index (χ0n) is 21.3. The Hall–Kier alpha value is -3.05. The number of fused-ring (bicyclic) bond motifs is 2. The van der Waals surface area contributed by atoms with Crippen molar-refractivity contribution >= 4 is 38.7 Å². The van der Waals surface area contributed by atoms with Crippen molar-refractivity contribution in [3.63, 3.8) is 0 Å². The molecule has 0 bridgehead atoms. The molecule has 2 aromatic heterocycles. The minimum absolute atomic E-state index is 0. The first-order valence-corrected chi connectivity index (χ1v) is 13.7. The second-order valence-corrected chi connectivity index (χ2v) is 10.4. The van der Waals surface area contributed by atoms with Crippen LogP contribution in [0.1, 0.15) is 43.6 Å². The van der Waals surface area contributed by atoms with Gasteiger partial charge in [-0.05, 0) is 72.7 Å². The Bertz CT molecular complexity index is 1470. The molecule has 4 nitrogen and oxygen atoms in total. The fraction of sp³-hybridized carbons (Fsp3) is 0.219. The van der Waals surface area contributed by atoms with Crippen molar-refractivity contribution in [1.29, 1.82) is 0 Å². The maximum atomic E-state index is 4.44. The predicted molar refractivity (Wildman–Crippen MR) is 154 cm³/mol. The summed E-state index contributed by atoms with van der Waals surface area (Å²) in [7, 11) is 2.11. The van der Waals surface area contributed by atoms with Crippen LogP contribution in [0, 0.1) is 18.9 Å². The van der Waals surface area contributed by atoms with Crippen LogP contribution in [0.15, 0.2) is 85.1 Å². The number of hydrogen-bond acceptors (Lipinski definition) is 5. The summed E-state index contributed by atoms with van der Waals surface area (Å²) >= 11 is 1.51. The Morgan fingerprint density at radius 3 is 2.55 bits per heavy atom. The molecule has 1 aliphatic heterocycles. The van der Waals surface area contributed by atoms with Crippen molar-refractivity contribution in [1.82, 2.24) is 9.36 Å². The average Bonchev–Trinajstić information content (AvgIpc) is 3.56. The van der Waals surface area contributed by atoms with E-state index in [4.69, 9.17) is 0 Å². The first-order chi connectivity index (χ1) is 18.3. The smallest absolute Gasteiger partial charge is 0.504 e. The van der Waals surface area contributed by atoms with Gasteiger partial charge >= 0.3 is 20.1 Å². The average molecular weight is 694 g/mol. The van der Waals surface area contributed by atoms with Crippen molar-refractivity contribution in [2.24, 2.45) is 0 Å². The first kappa shape index (κ1) is 26.6. The molecule has 7 rings (SSSR count). The van der Waals surface area contributed by atoms with Gasteiger partial charge in [0.15, 0.2) is 0 Å². The van der Waals surface area contributed by atoms with Crippen LogP contribution >= 0.6 is 11.5 Å². The minimum atomic E-state index is 0. The maximum Gasteiger partial charge on any atom is 3.00 e. The predicted octanol–water partition coefficient (Wildman–Crippen LogP) is 8.40. The van der Waals surface area contributed by atoms with Gasteiger partial charge in [-0.3, -0.25) is 0 Å². The van der Waals surface area contributed by atoms with Crippen molar-refractivity contribution in [2.75, 3.05) is 16.8 Å². The Morgan fingerprint density at radius 1 is 0.921 bits per heavy atom. The Kier molecular flexibility index (Phi) is 8.53. The molecule has 2 aliphatic rings. The first-order valence-electron chi connectivity index (χ1n) is 12.9. The number of hydrogen-bond donors (Lipinski definition) is 0. The summed E-state index contributed by atoms with van der Waals surface area (Å²) in [6.07, 6.45) is 11.5. The van der Waals surface area contributed by atoms with Crippen LogP contribution in [0.3, 0.4) is 0 Å². The van der Waals surface area contributed by atoms with Gasteiger partial charge in [-0.15, -0.1) is 23.4 Å². The van der Waals surface area contributed by atoms with E-state index in [0.29, 0.717) is 0 Å². The number of nitrogens with zero attached hydrogens (tertiary/aromatic N) is 4. The van der Waals surface area contributed by atoms with Crippen LogP contribution in [-0.4, -0.2) is 16.4 Å². The largest absolute Gasteiger partial charge is 3.00 e. The Morgan fingerprint density at radius 2 is 1.76 bits per heavy atom. The molecule has 1 fully saturated rings. The summed E-state index contributed by atoms with van der Waals surface area (Å²) < 4.78 is 5.63. The molecule has 0 spiro atoms. The van der Waals surface area contributed by atoms with E-state index < -0.39 is 0 Å². The fourth-order valence-electron chi connectivity index (χ4n) is 5.28. The number of para-hydroxylation sites is 1. The summed E-state index contributed by atoms with van der Waals surface area (Å²) in [5.74, 6) is 0.742. The molecule has 5 aromatic rings. The van der Waals surface area contributed by atoms with Gasteiger partial charge in [0, 0.05) is 21.8 Å². The van der Waals surface area contributed by atoms with Gasteiger partial charge < -0.3 is 14.8 Å². The molecule has 0 amide bonds. The van der Waals surface area contributed by atoms with E-state index in [9.17, 15) is 0 Å². The van der Waals surface area contributed by atoms with E-state index in [1.54, 1.807) is 6.20 Å². The zero-order valence-corrected chi connectivity index (χ0v) is 24.5. The van der Waals surface area contributed by atoms with E-state index in [1.807, 2.05) is 36.4 Å². The fourth-order valence-corrected chi connectivity index (χ4v) is 6.07. The molecule has 1 saturated carbocycles.